The fourth-order valence-electron chi connectivity index (χ4n) is 5.06. The predicted molar refractivity (Wildman–Crippen MR) is 132 cm³/mol. The number of rotatable bonds is 6. The Labute approximate surface area is 211 Å². The molecule has 0 aliphatic heterocycles. The number of hydrogen-bond donors (Lipinski definition) is 4. The molecule has 0 saturated heterocycles. The van der Waals surface area contributed by atoms with Crippen LogP contribution < -0.4 is 16.4 Å². The van der Waals surface area contributed by atoms with E-state index >= 15 is 0 Å². The van der Waals surface area contributed by atoms with Crippen LogP contribution in [0.5, 0.6) is 0 Å². The number of carbonyl (C=O) groups excluding carboxylic acids is 1. The second kappa shape index (κ2) is 9.75. The number of aliphatic hydroxyl groups is 1. The van der Waals surface area contributed by atoms with Gasteiger partial charge in [0.2, 0.25) is 17.8 Å². The molecular formula is C23H26Cl2FN7O2. The van der Waals surface area contributed by atoms with Crippen LogP contribution >= 0.6 is 23.2 Å². The van der Waals surface area contributed by atoms with E-state index in [1.165, 1.54) is 12.1 Å². The number of benzene rings is 1. The Hall–Kier alpha value is -2.69. The zero-order chi connectivity index (χ0) is 24.7. The Balaban J connectivity index is 1.54. The average Bonchev–Trinajstić information content (AvgIpc) is 3.38. The molecule has 35 heavy (non-hydrogen) atoms. The van der Waals surface area contributed by atoms with E-state index in [4.69, 9.17) is 33.9 Å². The second-order valence-electron chi connectivity index (χ2n) is 9.23. The number of primary amides is 1. The molecule has 2 aliphatic rings. The number of anilines is 3. The average molecular weight is 522 g/mol. The number of nitrogens with zero attached hydrogens (tertiary/aromatic N) is 4. The normalized spacial score (nSPS) is 24.6. The van der Waals surface area contributed by atoms with Crippen molar-refractivity contribution < 1.29 is 14.3 Å². The van der Waals surface area contributed by atoms with Crippen molar-refractivity contribution in [2.75, 3.05) is 10.6 Å². The fraction of sp³-hybridized carbons (Fsp3) is 0.478. The number of nitrogens with one attached hydrogen (secondary N) is 2. The number of fused-ring (bicyclic) bond motifs is 1. The summed E-state index contributed by atoms with van der Waals surface area (Å²) in [6.07, 6.45) is 6.29. The molecule has 0 radical (unpaired) electrons. The maximum absolute atomic E-state index is 14.7. The zero-order valence-corrected chi connectivity index (χ0v) is 20.4. The molecule has 186 valence electrons. The number of nitrogens with two attached hydrogens (primary N) is 1. The number of imidazole rings is 1. The van der Waals surface area contributed by atoms with E-state index in [9.17, 15) is 14.3 Å². The van der Waals surface area contributed by atoms with E-state index < -0.39 is 11.9 Å². The number of halogens is 3. The minimum absolute atomic E-state index is 0.0490. The summed E-state index contributed by atoms with van der Waals surface area (Å²) in [4.78, 5) is 25.4. The first-order valence-corrected chi connectivity index (χ1v) is 12.5. The quantitative estimate of drug-likeness (QED) is 0.373. The van der Waals surface area contributed by atoms with Crippen molar-refractivity contribution in [2.24, 2.45) is 11.7 Å². The fourth-order valence-corrected chi connectivity index (χ4v) is 5.58. The molecule has 1 aromatic carbocycles. The van der Waals surface area contributed by atoms with Crippen LogP contribution in [0, 0.1) is 11.7 Å². The number of aliphatic hydroxyl groups excluding tert-OH is 1. The van der Waals surface area contributed by atoms with Gasteiger partial charge in [-0.2, -0.15) is 4.98 Å². The molecule has 1 amide bonds. The first-order chi connectivity index (χ1) is 16.8. The van der Waals surface area contributed by atoms with Crippen molar-refractivity contribution in [3.05, 3.63) is 34.2 Å². The van der Waals surface area contributed by atoms with Crippen LogP contribution in [0.4, 0.5) is 22.0 Å². The largest absolute Gasteiger partial charge is 0.391 e. The lowest BCUT2D eigenvalue weighted by Crippen LogP contribution is -2.29. The lowest BCUT2D eigenvalue weighted by atomic mass is 9.85. The summed E-state index contributed by atoms with van der Waals surface area (Å²) in [6.45, 7) is 0. The molecular weight excluding hydrogens is 496 g/mol. The van der Waals surface area contributed by atoms with Crippen molar-refractivity contribution in [2.45, 2.75) is 63.1 Å². The SMILES string of the molecule is NC(=O)[C@H]1CC[C@H](n2c(Nc3c(F)cc(Cl)cc3Cl)nc3cnc(N[C@@H]4CCC[C@H]4O)nc32)CC1. The number of hydrogen-bond acceptors (Lipinski definition) is 7. The van der Waals surface area contributed by atoms with Crippen molar-refractivity contribution in [3.63, 3.8) is 0 Å². The molecule has 0 spiro atoms. The summed E-state index contributed by atoms with van der Waals surface area (Å²) in [5.41, 5.74) is 6.66. The monoisotopic (exact) mass is 521 g/mol. The van der Waals surface area contributed by atoms with Crippen LogP contribution in [0.25, 0.3) is 11.2 Å². The molecule has 0 unspecified atom stereocenters. The number of carbonyl (C=O) groups is 1. The lowest BCUT2D eigenvalue weighted by molar-refractivity contribution is -0.122. The minimum atomic E-state index is -0.609. The maximum atomic E-state index is 14.7. The van der Waals surface area contributed by atoms with Gasteiger partial charge in [-0.15, -0.1) is 0 Å². The Bertz CT molecular complexity index is 1240. The second-order valence-corrected chi connectivity index (χ2v) is 10.1. The van der Waals surface area contributed by atoms with Gasteiger partial charge in [-0.05, 0) is 57.1 Å². The highest BCUT2D eigenvalue weighted by molar-refractivity contribution is 6.36. The van der Waals surface area contributed by atoms with E-state index in [-0.39, 0.29) is 39.6 Å². The summed E-state index contributed by atoms with van der Waals surface area (Å²) in [6, 6.07) is 2.46. The highest BCUT2D eigenvalue weighted by Gasteiger charge is 2.30. The Morgan fingerprint density at radius 3 is 2.57 bits per heavy atom. The molecule has 5 N–H and O–H groups in total. The molecule has 2 aromatic heterocycles. The third-order valence-electron chi connectivity index (χ3n) is 6.93. The number of aromatic nitrogens is 4. The molecule has 3 aromatic rings. The molecule has 5 rings (SSSR count). The Kier molecular flexibility index (Phi) is 6.69. The summed E-state index contributed by atoms with van der Waals surface area (Å²) < 4.78 is 16.6. The van der Waals surface area contributed by atoms with Crippen LogP contribution in [-0.4, -0.2) is 42.7 Å². The summed E-state index contributed by atoms with van der Waals surface area (Å²) in [7, 11) is 0. The van der Waals surface area contributed by atoms with E-state index in [0.717, 1.165) is 19.3 Å². The van der Waals surface area contributed by atoms with Gasteiger partial charge in [0.05, 0.1) is 29.1 Å². The maximum Gasteiger partial charge on any atom is 0.225 e. The number of amides is 1. The molecule has 2 atom stereocenters. The lowest BCUT2D eigenvalue weighted by Gasteiger charge is -2.29. The minimum Gasteiger partial charge on any atom is -0.391 e. The summed E-state index contributed by atoms with van der Waals surface area (Å²) >= 11 is 12.2. The van der Waals surface area contributed by atoms with Crippen LogP contribution in [0.1, 0.15) is 51.0 Å². The first-order valence-electron chi connectivity index (χ1n) is 11.7. The van der Waals surface area contributed by atoms with Gasteiger partial charge >= 0.3 is 0 Å². The smallest absolute Gasteiger partial charge is 0.225 e. The van der Waals surface area contributed by atoms with Crippen molar-refractivity contribution >= 4 is 57.9 Å². The molecule has 9 nitrogen and oxygen atoms in total. The van der Waals surface area contributed by atoms with Crippen LogP contribution in [0.2, 0.25) is 10.0 Å². The summed E-state index contributed by atoms with van der Waals surface area (Å²) in [5.74, 6) is -0.328. The highest BCUT2D eigenvalue weighted by Crippen LogP contribution is 2.38. The van der Waals surface area contributed by atoms with Gasteiger partial charge in [0.1, 0.15) is 11.3 Å². The van der Waals surface area contributed by atoms with Crippen molar-refractivity contribution in [3.8, 4) is 0 Å². The van der Waals surface area contributed by atoms with Gasteiger partial charge in [0, 0.05) is 17.0 Å². The predicted octanol–water partition coefficient (Wildman–Crippen LogP) is 4.56. The van der Waals surface area contributed by atoms with Gasteiger partial charge in [0.15, 0.2) is 5.65 Å². The third-order valence-corrected chi connectivity index (χ3v) is 7.45. The first kappa shape index (κ1) is 24.0. The standard InChI is InChI=1S/C23H26Cl2FN7O2/c24-12-8-14(25)19(15(26)9-12)31-23-30-17-10-28-22(29-16-2-1-3-18(16)34)32-21(17)33(23)13-6-4-11(5-7-13)20(27)35/h8-11,13,16,18,34H,1-7H2,(H2,27,35)(H,30,31)(H,28,29,32)/t11-,13-,16-,18-/m1/s1. The molecule has 2 fully saturated rings. The topological polar surface area (TPSA) is 131 Å². The molecule has 0 bridgehead atoms. The van der Waals surface area contributed by atoms with Crippen LogP contribution in [0.3, 0.4) is 0 Å². The molecule has 12 heteroatoms. The van der Waals surface area contributed by atoms with Gasteiger partial charge in [0.25, 0.3) is 0 Å². The van der Waals surface area contributed by atoms with E-state index in [2.05, 4.69) is 20.6 Å². The van der Waals surface area contributed by atoms with Crippen LogP contribution in [-0.2, 0) is 4.79 Å². The van der Waals surface area contributed by atoms with Gasteiger partial charge in [-0.1, -0.05) is 23.2 Å². The molecule has 2 heterocycles. The van der Waals surface area contributed by atoms with Crippen molar-refractivity contribution in [1.29, 1.82) is 0 Å². The van der Waals surface area contributed by atoms with E-state index in [1.54, 1.807) is 6.20 Å². The van der Waals surface area contributed by atoms with Crippen molar-refractivity contribution in [1.82, 2.24) is 19.5 Å². The molecule has 2 saturated carbocycles. The Morgan fingerprint density at radius 2 is 1.91 bits per heavy atom. The van der Waals surface area contributed by atoms with E-state index in [0.29, 0.717) is 48.7 Å². The highest BCUT2D eigenvalue weighted by atomic mass is 35.5. The zero-order valence-electron chi connectivity index (χ0n) is 18.8. The summed E-state index contributed by atoms with van der Waals surface area (Å²) in [5, 5.41) is 16.7. The van der Waals surface area contributed by atoms with Gasteiger partial charge in [-0.25, -0.2) is 14.4 Å². The van der Waals surface area contributed by atoms with Crippen LogP contribution in [0.15, 0.2) is 18.3 Å². The third kappa shape index (κ3) is 4.87. The van der Waals surface area contributed by atoms with Gasteiger partial charge in [-0.3, -0.25) is 9.36 Å². The molecule has 2 aliphatic carbocycles. The van der Waals surface area contributed by atoms with E-state index in [1.807, 2.05) is 4.57 Å². The Morgan fingerprint density at radius 1 is 1.14 bits per heavy atom. The van der Waals surface area contributed by atoms with Gasteiger partial charge < -0.3 is 21.5 Å².